The third kappa shape index (κ3) is 1.85. The van der Waals surface area contributed by atoms with E-state index in [1.165, 1.54) is 0 Å². The van der Waals surface area contributed by atoms with Crippen molar-refractivity contribution in [2.75, 3.05) is 0 Å². The van der Waals surface area contributed by atoms with Crippen LogP contribution in [0.15, 0.2) is 48.9 Å². The molecule has 0 aliphatic rings. The molecular formula is C14H12N4O. The molecule has 0 saturated carbocycles. The highest BCUT2D eigenvalue weighted by atomic mass is 16.1. The second-order valence-electron chi connectivity index (χ2n) is 4.13. The van der Waals surface area contributed by atoms with Crippen molar-refractivity contribution in [3.63, 3.8) is 0 Å². The molecule has 0 bridgehead atoms. The Bertz CT molecular complexity index is 699. The number of hydrogen-bond donors (Lipinski definition) is 0. The maximum Gasteiger partial charge on any atom is 0.155 e. The Labute approximate surface area is 110 Å². The van der Waals surface area contributed by atoms with Gasteiger partial charge in [-0.15, -0.1) is 0 Å². The molecule has 0 amide bonds. The van der Waals surface area contributed by atoms with Crippen LogP contribution in [0.3, 0.4) is 0 Å². The second kappa shape index (κ2) is 4.53. The van der Waals surface area contributed by atoms with Gasteiger partial charge in [0.1, 0.15) is 0 Å². The third-order valence-electron chi connectivity index (χ3n) is 2.91. The van der Waals surface area contributed by atoms with E-state index in [0.717, 1.165) is 6.29 Å². The minimum Gasteiger partial charge on any atom is -0.308 e. The van der Waals surface area contributed by atoms with E-state index in [9.17, 15) is 4.79 Å². The molecular weight excluding hydrogens is 240 g/mol. The van der Waals surface area contributed by atoms with Gasteiger partial charge in [-0.3, -0.25) is 4.79 Å². The third-order valence-corrected chi connectivity index (χ3v) is 2.91. The number of carbonyl (C=O) groups excluding carboxylic acids is 1. The predicted molar refractivity (Wildman–Crippen MR) is 70.8 cm³/mol. The summed E-state index contributed by atoms with van der Waals surface area (Å²) in [6.07, 6.45) is 6.29. The molecule has 0 saturated heterocycles. The number of pyridine rings is 1. The second-order valence-corrected chi connectivity index (χ2v) is 4.13. The fraction of sp³-hybridized carbons (Fsp3) is 0.0714. The fourth-order valence-electron chi connectivity index (χ4n) is 2.03. The van der Waals surface area contributed by atoms with Crippen LogP contribution in [-0.2, 0) is 0 Å². The van der Waals surface area contributed by atoms with Crippen LogP contribution in [0.25, 0.3) is 11.6 Å². The largest absolute Gasteiger partial charge is 0.308 e. The number of aryl methyl sites for hydroxylation is 1. The van der Waals surface area contributed by atoms with Crippen molar-refractivity contribution in [1.82, 2.24) is 19.3 Å². The van der Waals surface area contributed by atoms with Gasteiger partial charge in [0.15, 0.2) is 17.9 Å². The Morgan fingerprint density at radius 2 is 1.95 bits per heavy atom. The minimum absolute atomic E-state index is 0.571. The van der Waals surface area contributed by atoms with Gasteiger partial charge in [0, 0.05) is 18.6 Å². The molecule has 0 aliphatic heterocycles. The van der Waals surface area contributed by atoms with Gasteiger partial charge in [0.2, 0.25) is 0 Å². The summed E-state index contributed by atoms with van der Waals surface area (Å²) in [5, 5.41) is 4.41. The van der Waals surface area contributed by atoms with Gasteiger partial charge >= 0.3 is 0 Å². The van der Waals surface area contributed by atoms with Gasteiger partial charge in [-0.05, 0) is 31.2 Å². The van der Waals surface area contributed by atoms with Crippen LogP contribution in [0.1, 0.15) is 16.1 Å². The Balaban J connectivity index is 2.29. The molecule has 3 heterocycles. The first-order valence-electron chi connectivity index (χ1n) is 5.91. The lowest BCUT2D eigenvalue weighted by Crippen LogP contribution is -2.06. The first-order valence-corrected chi connectivity index (χ1v) is 5.91. The Morgan fingerprint density at radius 1 is 1.16 bits per heavy atom. The summed E-state index contributed by atoms with van der Waals surface area (Å²) in [6.45, 7) is 1.82. The molecule has 0 unspecified atom stereocenters. The molecule has 0 aromatic carbocycles. The van der Waals surface area contributed by atoms with Crippen LogP contribution < -0.4 is 0 Å². The number of nitrogens with zero attached hydrogens (tertiary/aromatic N) is 4. The van der Waals surface area contributed by atoms with E-state index >= 15 is 0 Å². The molecule has 0 radical (unpaired) electrons. The molecule has 5 nitrogen and oxygen atoms in total. The number of carbonyl (C=O) groups is 1. The smallest absolute Gasteiger partial charge is 0.155 e. The van der Waals surface area contributed by atoms with E-state index in [-0.39, 0.29) is 0 Å². The van der Waals surface area contributed by atoms with Crippen molar-refractivity contribution >= 4 is 6.29 Å². The van der Waals surface area contributed by atoms with E-state index in [4.69, 9.17) is 0 Å². The van der Waals surface area contributed by atoms with Gasteiger partial charge in [0.25, 0.3) is 0 Å². The molecule has 0 spiro atoms. The number of aromatic nitrogens is 4. The van der Waals surface area contributed by atoms with Crippen molar-refractivity contribution in [3.05, 3.63) is 60.2 Å². The van der Waals surface area contributed by atoms with Crippen molar-refractivity contribution in [3.8, 4) is 11.6 Å². The lowest BCUT2D eigenvalue weighted by atomic mass is 10.2. The highest BCUT2D eigenvalue weighted by Gasteiger charge is 2.17. The maximum absolute atomic E-state index is 11.3. The van der Waals surface area contributed by atoms with Gasteiger partial charge in [-0.1, -0.05) is 6.07 Å². The number of hydrogen-bond acceptors (Lipinski definition) is 3. The minimum atomic E-state index is 0.571. The van der Waals surface area contributed by atoms with E-state index in [2.05, 4.69) is 10.1 Å². The first kappa shape index (κ1) is 11.4. The first-order chi connectivity index (χ1) is 9.31. The highest BCUT2D eigenvalue weighted by Crippen LogP contribution is 2.20. The van der Waals surface area contributed by atoms with E-state index in [0.29, 0.717) is 22.9 Å². The van der Waals surface area contributed by atoms with Crippen LogP contribution in [0.5, 0.6) is 0 Å². The average Bonchev–Trinajstić information content (AvgIpc) is 3.06. The van der Waals surface area contributed by atoms with Crippen molar-refractivity contribution in [2.45, 2.75) is 6.92 Å². The zero-order valence-electron chi connectivity index (χ0n) is 10.4. The molecule has 3 aromatic rings. The predicted octanol–water partition coefficient (Wildman–Crippen LogP) is 2.18. The molecule has 0 atom stereocenters. The van der Waals surface area contributed by atoms with E-state index in [1.54, 1.807) is 10.9 Å². The average molecular weight is 252 g/mol. The Hall–Kier alpha value is -2.69. The van der Waals surface area contributed by atoms with Crippen LogP contribution in [0.2, 0.25) is 0 Å². The maximum atomic E-state index is 11.3. The summed E-state index contributed by atoms with van der Waals surface area (Å²) in [6, 6.07) is 9.39. The molecule has 0 aliphatic carbocycles. The summed E-state index contributed by atoms with van der Waals surface area (Å²) < 4.78 is 3.54. The zero-order chi connectivity index (χ0) is 13.2. The molecule has 3 rings (SSSR count). The molecule has 94 valence electrons. The SMILES string of the molecule is Cc1nn(-c2ccccn2)c(-n2cccc2)c1C=O. The van der Waals surface area contributed by atoms with Gasteiger partial charge in [0.05, 0.1) is 11.3 Å². The summed E-state index contributed by atoms with van der Waals surface area (Å²) in [5.74, 6) is 1.39. The quantitative estimate of drug-likeness (QED) is 0.671. The van der Waals surface area contributed by atoms with Crippen LogP contribution in [0.4, 0.5) is 0 Å². The zero-order valence-corrected chi connectivity index (χ0v) is 10.4. The normalized spacial score (nSPS) is 10.6. The fourth-order valence-corrected chi connectivity index (χ4v) is 2.03. The monoisotopic (exact) mass is 252 g/mol. The highest BCUT2D eigenvalue weighted by molar-refractivity contribution is 5.82. The van der Waals surface area contributed by atoms with Gasteiger partial charge < -0.3 is 4.57 Å². The van der Waals surface area contributed by atoms with E-state index < -0.39 is 0 Å². The summed E-state index contributed by atoms with van der Waals surface area (Å²) in [4.78, 5) is 15.6. The lowest BCUT2D eigenvalue weighted by molar-refractivity contribution is 0.112. The topological polar surface area (TPSA) is 52.7 Å². The van der Waals surface area contributed by atoms with Crippen molar-refractivity contribution < 1.29 is 4.79 Å². The van der Waals surface area contributed by atoms with Gasteiger partial charge in [-0.2, -0.15) is 9.78 Å². The van der Waals surface area contributed by atoms with Crippen LogP contribution >= 0.6 is 0 Å². The van der Waals surface area contributed by atoms with Gasteiger partial charge in [-0.25, -0.2) is 4.98 Å². The van der Waals surface area contributed by atoms with Crippen LogP contribution in [0, 0.1) is 6.92 Å². The standard InChI is InChI=1S/C14H12N4O/c1-11-12(10-19)14(17-8-4-5-9-17)18(16-11)13-6-2-3-7-15-13/h2-10H,1H3. The molecule has 5 heteroatoms. The Kier molecular flexibility index (Phi) is 2.72. The summed E-state index contributed by atoms with van der Waals surface area (Å²) >= 11 is 0. The van der Waals surface area contributed by atoms with E-state index in [1.807, 2.05) is 54.2 Å². The summed E-state index contributed by atoms with van der Waals surface area (Å²) in [5.41, 5.74) is 1.26. The Morgan fingerprint density at radius 3 is 2.58 bits per heavy atom. The molecule has 0 fully saturated rings. The molecule has 3 aromatic heterocycles. The number of rotatable bonds is 3. The van der Waals surface area contributed by atoms with Crippen molar-refractivity contribution in [1.29, 1.82) is 0 Å². The number of aldehydes is 1. The van der Waals surface area contributed by atoms with Crippen LogP contribution in [-0.4, -0.2) is 25.6 Å². The van der Waals surface area contributed by atoms with Crippen molar-refractivity contribution in [2.24, 2.45) is 0 Å². The molecule has 0 N–H and O–H groups in total. The molecule has 19 heavy (non-hydrogen) atoms. The summed E-state index contributed by atoms with van der Waals surface area (Å²) in [7, 11) is 0. The lowest BCUT2D eigenvalue weighted by Gasteiger charge is -2.07.